The molecule has 3 heteroatoms. The second-order valence-corrected chi connectivity index (χ2v) is 5.51. The Hall–Kier alpha value is -2.03. The van der Waals surface area contributed by atoms with Gasteiger partial charge in [-0.1, -0.05) is 92.7 Å². The van der Waals surface area contributed by atoms with Gasteiger partial charge in [0.25, 0.3) is 0 Å². The van der Waals surface area contributed by atoms with E-state index in [1.807, 2.05) is 73.7 Å². The molecule has 0 radical (unpaired) electrons. The van der Waals surface area contributed by atoms with Crippen molar-refractivity contribution in [2.45, 2.75) is 81.6 Å². The van der Waals surface area contributed by atoms with Gasteiger partial charge in [-0.05, 0) is 25.8 Å². The number of hydrogen-bond donors (Lipinski definition) is 1. The number of anilines is 2. The van der Waals surface area contributed by atoms with E-state index in [0.29, 0.717) is 0 Å². The van der Waals surface area contributed by atoms with Gasteiger partial charge in [0.2, 0.25) is 0 Å². The van der Waals surface area contributed by atoms with Crippen LogP contribution in [0.2, 0.25) is 0 Å². The smallest absolute Gasteiger partial charge is 0.128 e. The Balaban J connectivity index is -0.00000103. The highest BCUT2D eigenvalue weighted by Gasteiger charge is 2.09. The molecule has 0 saturated heterocycles. The van der Waals surface area contributed by atoms with Crippen LogP contribution in [0.15, 0.2) is 30.9 Å². The highest BCUT2D eigenvalue weighted by atomic mass is 15.1. The monoisotopic (exact) mass is 403 g/mol. The lowest BCUT2D eigenvalue weighted by molar-refractivity contribution is 0.702. The van der Waals surface area contributed by atoms with Crippen molar-refractivity contribution in [3.05, 3.63) is 41.4 Å². The zero-order valence-corrected chi connectivity index (χ0v) is 21.1. The lowest BCUT2D eigenvalue weighted by Crippen LogP contribution is -2.38. The van der Waals surface area contributed by atoms with Crippen LogP contribution in [-0.2, 0) is 0 Å². The first-order chi connectivity index (χ1) is 14.2. The summed E-state index contributed by atoms with van der Waals surface area (Å²) < 4.78 is 0. The van der Waals surface area contributed by atoms with E-state index in [1.54, 1.807) is 0 Å². The molecule has 1 aromatic heterocycles. The van der Waals surface area contributed by atoms with Crippen LogP contribution in [0, 0.1) is 0 Å². The summed E-state index contributed by atoms with van der Waals surface area (Å²) in [6, 6.07) is 2.15. The van der Waals surface area contributed by atoms with Gasteiger partial charge < -0.3 is 10.2 Å². The summed E-state index contributed by atoms with van der Waals surface area (Å²) in [5, 5.41) is 5.30. The van der Waals surface area contributed by atoms with Gasteiger partial charge in [0, 0.05) is 37.1 Å². The van der Waals surface area contributed by atoms with E-state index in [2.05, 4.69) is 48.9 Å². The Morgan fingerprint density at radius 3 is 2.07 bits per heavy atom. The average Bonchev–Trinajstić information content (AvgIpc) is 2.80. The number of pyridine rings is 1. The van der Waals surface area contributed by atoms with Gasteiger partial charge in [-0.3, -0.25) is 0 Å². The molecule has 1 aromatic rings. The van der Waals surface area contributed by atoms with Gasteiger partial charge in [-0.2, -0.15) is 0 Å². The Labute approximate surface area is 182 Å². The van der Waals surface area contributed by atoms with E-state index in [1.165, 1.54) is 18.5 Å². The minimum absolute atomic E-state index is 0.898. The lowest BCUT2D eigenvalue weighted by atomic mass is 10.2. The largest absolute Gasteiger partial charge is 0.373 e. The first-order valence-electron chi connectivity index (χ1n) is 11.6. The van der Waals surface area contributed by atoms with Crippen LogP contribution in [0.1, 0.15) is 81.6 Å². The predicted molar refractivity (Wildman–Crippen MR) is 138 cm³/mol. The number of nitrogens with one attached hydrogen (secondary N) is 1. The van der Waals surface area contributed by atoms with Crippen molar-refractivity contribution in [2.24, 2.45) is 0 Å². The second-order valence-electron chi connectivity index (χ2n) is 5.51. The first kappa shape index (κ1) is 31.7. The van der Waals surface area contributed by atoms with Crippen LogP contribution in [-0.4, -0.2) is 25.1 Å². The minimum atomic E-state index is 0.898. The topological polar surface area (TPSA) is 28.2 Å². The summed E-state index contributed by atoms with van der Waals surface area (Å²) in [6.07, 6.45) is 13.5. The second kappa shape index (κ2) is 24.0. The molecule has 1 rings (SSSR count). The van der Waals surface area contributed by atoms with Gasteiger partial charge in [0.05, 0.1) is 5.35 Å². The molecule has 0 saturated carbocycles. The highest BCUT2D eigenvalue weighted by Crippen LogP contribution is 2.13. The molecular weight excluding hydrogens is 354 g/mol. The fourth-order valence-electron chi connectivity index (χ4n) is 2.53. The van der Waals surface area contributed by atoms with Crippen LogP contribution >= 0.6 is 0 Å². The average molecular weight is 404 g/mol. The van der Waals surface area contributed by atoms with E-state index in [4.69, 9.17) is 4.98 Å². The molecule has 0 aromatic carbocycles. The van der Waals surface area contributed by atoms with Crippen LogP contribution in [0.3, 0.4) is 0 Å². The van der Waals surface area contributed by atoms with E-state index in [-0.39, 0.29) is 0 Å². The molecule has 168 valence electrons. The normalized spacial score (nSPS) is 10.8. The molecule has 0 unspecified atom stereocenters. The van der Waals surface area contributed by atoms with Crippen molar-refractivity contribution in [2.75, 3.05) is 30.4 Å². The number of rotatable bonds is 9. The molecule has 0 amide bonds. The first-order valence-corrected chi connectivity index (χ1v) is 11.6. The molecular formula is C26H49N3. The molecule has 0 aliphatic carbocycles. The number of hydrogen-bond acceptors (Lipinski definition) is 3. The van der Waals surface area contributed by atoms with Crippen molar-refractivity contribution in [3.63, 3.8) is 0 Å². The van der Waals surface area contributed by atoms with Gasteiger partial charge in [-0.25, -0.2) is 4.98 Å². The molecule has 0 aliphatic rings. The van der Waals surface area contributed by atoms with Crippen LogP contribution in [0.5, 0.6) is 0 Å². The number of nitrogens with zero attached hydrogens (tertiary/aromatic N) is 2. The molecule has 3 nitrogen and oxygen atoms in total. The Morgan fingerprint density at radius 1 is 1.00 bits per heavy atom. The maximum Gasteiger partial charge on any atom is 0.128 e. The van der Waals surface area contributed by atoms with E-state index >= 15 is 0 Å². The lowest BCUT2D eigenvalue weighted by Gasteiger charge is -2.25. The summed E-state index contributed by atoms with van der Waals surface area (Å²) in [6.45, 7) is 24.5. The van der Waals surface area contributed by atoms with E-state index in [0.717, 1.165) is 35.9 Å². The van der Waals surface area contributed by atoms with E-state index in [9.17, 15) is 0 Å². The van der Waals surface area contributed by atoms with Crippen LogP contribution < -0.4 is 20.8 Å². The fourth-order valence-corrected chi connectivity index (χ4v) is 2.53. The van der Waals surface area contributed by atoms with Crippen molar-refractivity contribution < 1.29 is 0 Å². The summed E-state index contributed by atoms with van der Waals surface area (Å²) >= 11 is 0. The molecule has 0 atom stereocenters. The highest BCUT2D eigenvalue weighted by molar-refractivity contribution is 5.60. The third kappa shape index (κ3) is 12.9. The zero-order chi connectivity index (χ0) is 23.1. The molecule has 0 fully saturated rings. The van der Waals surface area contributed by atoms with Gasteiger partial charge in [0.1, 0.15) is 5.82 Å². The SMILES string of the molecule is C=C/C=c1/c(N(CCC)CCCC)cc(NC)n/c1=C/C=C\C.CC.CC.CC. The third-order valence-electron chi connectivity index (χ3n) is 3.67. The fraction of sp³-hybridized carbons (Fsp3) is 0.577. The number of allylic oxidation sites excluding steroid dienone is 3. The van der Waals surface area contributed by atoms with E-state index < -0.39 is 0 Å². The predicted octanol–water partition coefficient (Wildman–Crippen LogP) is 6.54. The standard InChI is InChI=1S/C20H31N3.3C2H6/c1-6-10-13-18-17(12-8-3)19(16-20(21-5)22-18)23(14-9-4)15-11-7-2;3*1-2/h6,8,10,12-13,16H,3,7,9,11,14-15H2,1-2,4-5H3,(H,21,22);3*1-2H3/b10-6-,17-12+,18-13+;;;. The summed E-state index contributed by atoms with van der Waals surface area (Å²) in [5.74, 6) is 0.898. The molecule has 1 N–H and O–H groups in total. The summed E-state index contributed by atoms with van der Waals surface area (Å²) in [5.41, 5.74) is 1.23. The quantitative estimate of drug-likeness (QED) is 0.507. The van der Waals surface area contributed by atoms with Gasteiger partial charge in [0.15, 0.2) is 0 Å². The van der Waals surface area contributed by atoms with Crippen LogP contribution in [0.25, 0.3) is 12.2 Å². The minimum Gasteiger partial charge on any atom is -0.373 e. The molecule has 0 spiro atoms. The Bertz CT molecular complexity index is 630. The van der Waals surface area contributed by atoms with Crippen molar-refractivity contribution in [3.8, 4) is 0 Å². The molecule has 0 aliphatic heterocycles. The number of aromatic nitrogens is 1. The van der Waals surface area contributed by atoms with Gasteiger partial charge in [-0.15, -0.1) is 0 Å². The Kier molecular flexibility index (Phi) is 26.2. The van der Waals surface area contributed by atoms with Crippen molar-refractivity contribution in [1.82, 2.24) is 4.98 Å². The number of unbranched alkanes of at least 4 members (excludes halogenated alkanes) is 1. The summed E-state index contributed by atoms with van der Waals surface area (Å²) in [4.78, 5) is 7.17. The summed E-state index contributed by atoms with van der Waals surface area (Å²) in [7, 11) is 1.92. The maximum atomic E-state index is 4.71. The van der Waals surface area contributed by atoms with Crippen LogP contribution in [0.4, 0.5) is 11.5 Å². The molecule has 0 bridgehead atoms. The maximum absolute atomic E-state index is 4.71. The Morgan fingerprint density at radius 2 is 1.62 bits per heavy atom. The zero-order valence-electron chi connectivity index (χ0n) is 21.1. The molecule has 29 heavy (non-hydrogen) atoms. The van der Waals surface area contributed by atoms with Crippen molar-refractivity contribution in [1.29, 1.82) is 0 Å². The van der Waals surface area contributed by atoms with Crippen molar-refractivity contribution >= 4 is 23.7 Å². The third-order valence-corrected chi connectivity index (χ3v) is 3.67. The van der Waals surface area contributed by atoms with Gasteiger partial charge >= 0.3 is 0 Å². The molecule has 1 heterocycles.